The van der Waals surface area contributed by atoms with Gasteiger partial charge in [-0.1, -0.05) is 34.6 Å². The molecule has 7 nitrogen and oxygen atoms in total. The molecule has 4 aliphatic rings. The second-order valence-corrected chi connectivity index (χ2v) is 13.6. The van der Waals surface area contributed by atoms with Crippen LogP contribution < -0.4 is 0 Å². The quantitative estimate of drug-likeness (QED) is 0.370. The first-order valence-electron chi connectivity index (χ1n) is 13.8. The van der Waals surface area contributed by atoms with Crippen LogP contribution in [0.2, 0.25) is 0 Å². The largest absolute Gasteiger partial charge is 0.465 e. The van der Waals surface area contributed by atoms with Crippen LogP contribution in [0.1, 0.15) is 80.1 Å². The van der Waals surface area contributed by atoms with Crippen molar-refractivity contribution in [1.29, 1.82) is 0 Å². The minimum atomic E-state index is -1.45. The van der Waals surface area contributed by atoms with E-state index < -0.39 is 41.3 Å². The van der Waals surface area contributed by atoms with E-state index in [-0.39, 0.29) is 53.3 Å². The summed E-state index contributed by atoms with van der Waals surface area (Å²) in [6.45, 7) is 12.2. The Labute approximate surface area is 210 Å². The molecule has 0 aromatic heterocycles. The molecule has 1 saturated heterocycles. The van der Waals surface area contributed by atoms with Crippen LogP contribution in [0.3, 0.4) is 0 Å². The van der Waals surface area contributed by atoms with Crippen LogP contribution in [0.25, 0.3) is 0 Å². The normalized spacial score (nSPS) is 48.0. The molecule has 4 fully saturated rings. The number of cyclic esters (lactones) is 1. The number of hydrogen-bond acceptors (Lipinski definition) is 7. The van der Waals surface area contributed by atoms with E-state index >= 15 is 0 Å². The number of carbonyl (C=O) groups excluding carboxylic acids is 1. The molecule has 0 unspecified atom stereocenters. The molecule has 0 spiro atoms. The predicted octanol–water partition coefficient (Wildman–Crippen LogP) is 2.50. The van der Waals surface area contributed by atoms with E-state index in [4.69, 9.17) is 4.74 Å². The summed E-state index contributed by atoms with van der Waals surface area (Å²) in [6.07, 6.45) is -0.0910. The van der Waals surface area contributed by atoms with Crippen molar-refractivity contribution >= 4 is 5.97 Å². The maximum absolute atomic E-state index is 13.0. The number of carbonyl (C=O) groups is 1. The van der Waals surface area contributed by atoms with E-state index in [9.17, 15) is 30.3 Å². The SMILES string of the molecule is CC(C)[C@H](C)[C@@H](O)[C@@H](O)[C@](C)(O)[C@H]1CC[C@H]2[C@@H]3COC(=O)[C@H]4C[C@H](O)[C@H](O)C[C@]4(C)[C@H]3CC[C@]12C. The van der Waals surface area contributed by atoms with Gasteiger partial charge in [0.1, 0.15) is 6.10 Å². The number of hydrogen-bond donors (Lipinski definition) is 5. The van der Waals surface area contributed by atoms with Crippen LogP contribution in [-0.2, 0) is 9.53 Å². The van der Waals surface area contributed by atoms with Crippen LogP contribution in [0.5, 0.6) is 0 Å². The van der Waals surface area contributed by atoms with Crippen molar-refractivity contribution in [3.8, 4) is 0 Å². The average molecular weight is 497 g/mol. The molecule has 0 aromatic carbocycles. The molecule has 0 bridgehead atoms. The first kappa shape index (κ1) is 27.3. The lowest BCUT2D eigenvalue weighted by molar-refractivity contribution is -0.187. The average Bonchev–Trinajstić information content (AvgIpc) is 3.11. The Kier molecular flexibility index (Phi) is 7.20. The Morgan fingerprint density at radius 1 is 1.00 bits per heavy atom. The van der Waals surface area contributed by atoms with E-state index in [1.807, 2.05) is 20.8 Å². The van der Waals surface area contributed by atoms with Crippen molar-refractivity contribution in [2.45, 2.75) is 110 Å². The smallest absolute Gasteiger partial charge is 0.309 e. The molecule has 0 aromatic rings. The maximum atomic E-state index is 13.0. The maximum Gasteiger partial charge on any atom is 0.309 e. The highest BCUT2D eigenvalue weighted by atomic mass is 16.5. The molecular weight excluding hydrogens is 448 g/mol. The van der Waals surface area contributed by atoms with Gasteiger partial charge in [0.25, 0.3) is 0 Å². The van der Waals surface area contributed by atoms with Crippen molar-refractivity contribution in [3.63, 3.8) is 0 Å². The van der Waals surface area contributed by atoms with Crippen LogP contribution in [-0.4, -0.2) is 68.1 Å². The predicted molar refractivity (Wildman–Crippen MR) is 131 cm³/mol. The Hall–Kier alpha value is -0.730. The first-order chi connectivity index (χ1) is 16.2. The van der Waals surface area contributed by atoms with Gasteiger partial charge in [0, 0.05) is 0 Å². The summed E-state index contributed by atoms with van der Waals surface area (Å²) in [5.74, 6) is -0.359. The molecule has 3 aliphatic carbocycles. The van der Waals surface area contributed by atoms with Crippen molar-refractivity contribution in [2.75, 3.05) is 6.61 Å². The third kappa shape index (κ3) is 4.18. The lowest BCUT2D eigenvalue weighted by Gasteiger charge is -2.57. The fourth-order valence-electron chi connectivity index (χ4n) is 8.98. The second kappa shape index (κ2) is 9.23. The number of esters is 1. The second-order valence-electron chi connectivity index (χ2n) is 13.6. The van der Waals surface area contributed by atoms with E-state index in [2.05, 4.69) is 13.8 Å². The molecule has 13 atom stereocenters. The molecule has 7 heteroatoms. The number of ether oxygens (including phenoxy) is 1. The van der Waals surface area contributed by atoms with Gasteiger partial charge in [-0.2, -0.15) is 0 Å². The molecular formula is C28H48O7. The molecule has 4 rings (SSSR count). The minimum Gasteiger partial charge on any atom is -0.465 e. The zero-order valence-electron chi connectivity index (χ0n) is 22.4. The molecule has 35 heavy (non-hydrogen) atoms. The monoisotopic (exact) mass is 496 g/mol. The zero-order valence-corrected chi connectivity index (χ0v) is 22.4. The van der Waals surface area contributed by atoms with Crippen molar-refractivity contribution < 1.29 is 35.1 Å². The van der Waals surface area contributed by atoms with Gasteiger partial charge in [-0.05, 0) is 91.8 Å². The lowest BCUT2D eigenvalue weighted by Crippen LogP contribution is -2.59. The summed E-state index contributed by atoms with van der Waals surface area (Å²) in [6, 6.07) is 0. The fraction of sp³-hybridized carbons (Fsp3) is 0.964. The molecule has 202 valence electrons. The number of fused-ring (bicyclic) bond motifs is 5. The molecule has 0 amide bonds. The molecule has 1 heterocycles. The van der Waals surface area contributed by atoms with Crippen molar-refractivity contribution in [1.82, 2.24) is 0 Å². The highest BCUT2D eigenvalue weighted by molar-refractivity contribution is 5.74. The van der Waals surface area contributed by atoms with Crippen molar-refractivity contribution in [3.05, 3.63) is 0 Å². The van der Waals surface area contributed by atoms with Gasteiger partial charge in [0.15, 0.2) is 0 Å². The highest BCUT2D eigenvalue weighted by Crippen LogP contribution is 2.66. The number of aliphatic hydroxyl groups excluding tert-OH is 4. The summed E-state index contributed by atoms with van der Waals surface area (Å²) < 4.78 is 5.82. The van der Waals surface area contributed by atoms with Crippen molar-refractivity contribution in [2.24, 2.45) is 52.3 Å². The van der Waals surface area contributed by atoms with Gasteiger partial charge in [0.05, 0.1) is 36.4 Å². The van der Waals surface area contributed by atoms with Crippen LogP contribution >= 0.6 is 0 Å². The summed E-state index contributed by atoms with van der Waals surface area (Å²) in [4.78, 5) is 13.0. The summed E-state index contributed by atoms with van der Waals surface area (Å²) in [7, 11) is 0. The Balaban J connectivity index is 1.62. The van der Waals surface area contributed by atoms with Crippen LogP contribution in [0.15, 0.2) is 0 Å². The fourth-order valence-corrected chi connectivity index (χ4v) is 8.98. The Bertz CT molecular complexity index is 798. The highest BCUT2D eigenvalue weighted by Gasteiger charge is 2.65. The van der Waals surface area contributed by atoms with Gasteiger partial charge in [-0.15, -0.1) is 0 Å². The summed E-state index contributed by atoms with van der Waals surface area (Å²) in [5, 5.41) is 54.6. The first-order valence-corrected chi connectivity index (χ1v) is 13.8. The van der Waals surface area contributed by atoms with E-state index in [1.54, 1.807) is 6.92 Å². The van der Waals surface area contributed by atoms with E-state index in [1.165, 1.54) is 0 Å². The van der Waals surface area contributed by atoms with Gasteiger partial charge in [0.2, 0.25) is 0 Å². The number of rotatable bonds is 5. The molecule has 3 saturated carbocycles. The lowest BCUT2D eigenvalue weighted by atomic mass is 9.48. The van der Waals surface area contributed by atoms with E-state index in [0.29, 0.717) is 13.0 Å². The third-order valence-corrected chi connectivity index (χ3v) is 11.6. The van der Waals surface area contributed by atoms with Crippen LogP contribution in [0.4, 0.5) is 0 Å². The van der Waals surface area contributed by atoms with Gasteiger partial charge in [-0.3, -0.25) is 4.79 Å². The third-order valence-electron chi connectivity index (χ3n) is 11.6. The molecule has 0 radical (unpaired) electrons. The van der Waals surface area contributed by atoms with Gasteiger partial charge >= 0.3 is 5.97 Å². The Morgan fingerprint density at radius 3 is 2.26 bits per heavy atom. The molecule has 1 aliphatic heterocycles. The molecule has 5 N–H and O–H groups in total. The van der Waals surface area contributed by atoms with Crippen LogP contribution in [0, 0.1) is 52.3 Å². The standard InChI is InChI=1S/C28H48O7/c1-14(2)15(3)23(31)24(32)28(6,34)22-8-7-17-16-13-35-25(33)19-11-20(29)21(30)12-27(19,5)18(16)9-10-26(17,22)4/h14-24,29-32,34H,7-13H2,1-6H3/t15-,16-,17-,18-,19+,20-,21+,22-,23+,24+,26-,27+,28+/m0/s1. The Morgan fingerprint density at radius 2 is 1.63 bits per heavy atom. The number of aliphatic hydroxyl groups is 5. The summed E-state index contributed by atoms with van der Waals surface area (Å²) >= 11 is 0. The van der Waals surface area contributed by atoms with E-state index in [0.717, 1.165) is 25.7 Å². The van der Waals surface area contributed by atoms with Gasteiger partial charge in [-0.25, -0.2) is 0 Å². The van der Waals surface area contributed by atoms with Gasteiger partial charge < -0.3 is 30.3 Å². The summed E-state index contributed by atoms with van der Waals surface area (Å²) in [5.41, 5.74) is -2.15. The topological polar surface area (TPSA) is 127 Å². The zero-order chi connectivity index (χ0) is 26.1. The minimum absolute atomic E-state index is 0.104.